The largest absolute Gasteiger partial charge is 0.494 e. The minimum atomic E-state index is -0.544. The van der Waals surface area contributed by atoms with Gasteiger partial charge in [-0.15, -0.1) is 0 Å². The Balaban J connectivity index is 2.08. The van der Waals surface area contributed by atoms with Crippen molar-refractivity contribution < 1.29 is 28.7 Å². The number of methoxy groups -OCH3 is 1. The fourth-order valence-electron chi connectivity index (χ4n) is 3.05. The highest BCUT2D eigenvalue weighted by molar-refractivity contribution is 5.99. The first-order valence-electron chi connectivity index (χ1n) is 9.90. The number of nitro groups is 1. The van der Waals surface area contributed by atoms with Crippen LogP contribution in [0.25, 0.3) is 10.9 Å². The molecule has 0 spiro atoms. The molecule has 1 aromatic heterocycles. The summed E-state index contributed by atoms with van der Waals surface area (Å²) in [5, 5.41) is 15.2. The average molecular weight is 441 g/mol. The van der Waals surface area contributed by atoms with Gasteiger partial charge in [0.1, 0.15) is 17.6 Å². The molecule has 0 saturated heterocycles. The van der Waals surface area contributed by atoms with Gasteiger partial charge in [0.25, 0.3) is 0 Å². The third-order valence-corrected chi connectivity index (χ3v) is 4.40. The number of nitrogens with zero attached hydrogens (tertiary/aromatic N) is 2. The molecular formula is C22H23N3O7. The lowest BCUT2D eigenvalue weighted by Gasteiger charge is -2.15. The second-order valence-electron chi connectivity index (χ2n) is 6.48. The number of benzene rings is 2. The zero-order chi connectivity index (χ0) is 23.1. The molecule has 0 aliphatic heterocycles. The second-order valence-corrected chi connectivity index (χ2v) is 6.48. The SMILES string of the molecule is CCOC(=O)COc1cc2c(Nc3cccc(OCC)c3)c([N+](=O)[O-])cnc2cc1OC. The highest BCUT2D eigenvalue weighted by Gasteiger charge is 2.21. The van der Waals surface area contributed by atoms with E-state index in [0.29, 0.717) is 34.7 Å². The molecule has 0 aliphatic rings. The Bertz CT molecular complexity index is 1130. The van der Waals surface area contributed by atoms with Crippen LogP contribution < -0.4 is 19.5 Å². The molecule has 0 saturated carbocycles. The maximum Gasteiger partial charge on any atom is 0.344 e. The Morgan fingerprint density at radius 2 is 1.94 bits per heavy atom. The Morgan fingerprint density at radius 1 is 1.12 bits per heavy atom. The van der Waals surface area contributed by atoms with Crippen LogP contribution in [0.2, 0.25) is 0 Å². The number of hydrogen-bond donors (Lipinski definition) is 1. The number of esters is 1. The molecule has 1 N–H and O–H groups in total. The van der Waals surface area contributed by atoms with E-state index in [9.17, 15) is 14.9 Å². The van der Waals surface area contributed by atoms with Crippen molar-refractivity contribution in [2.45, 2.75) is 13.8 Å². The van der Waals surface area contributed by atoms with Gasteiger partial charge in [-0.2, -0.15) is 0 Å². The smallest absolute Gasteiger partial charge is 0.344 e. The Hall–Kier alpha value is -4.08. The highest BCUT2D eigenvalue weighted by Crippen LogP contribution is 2.40. The van der Waals surface area contributed by atoms with E-state index in [1.54, 1.807) is 43.3 Å². The minimum Gasteiger partial charge on any atom is -0.494 e. The first-order chi connectivity index (χ1) is 15.5. The predicted octanol–water partition coefficient (Wildman–Crippen LogP) is 4.24. The molecule has 32 heavy (non-hydrogen) atoms. The van der Waals surface area contributed by atoms with Gasteiger partial charge in [-0.1, -0.05) is 6.07 Å². The van der Waals surface area contributed by atoms with Crippen molar-refractivity contribution in [2.24, 2.45) is 0 Å². The molecule has 168 valence electrons. The van der Waals surface area contributed by atoms with E-state index in [1.165, 1.54) is 13.3 Å². The Labute approximate surface area is 184 Å². The summed E-state index contributed by atoms with van der Waals surface area (Å²) in [5.41, 5.74) is 1.04. The van der Waals surface area contributed by atoms with E-state index < -0.39 is 10.9 Å². The second kappa shape index (κ2) is 10.3. The number of nitrogens with one attached hydrogen (secondary N) is 1. The molecule has 10 nitrogen and oxygen atoms in total. The average Bonchev–Trinajstić information content (AvgIpc) is 2.77. The summed E-state index contributed by atoms with van der Waals surface area (Å²) in [6.07, 6.45) is 1.18. The zero-order valence-corrected chi connectivity index (χ0v) is 17.9. The fourth-order valence-corrected chi connectivity index (χ4v) is 3.05. The lowest BCUT2D eigenvalue weighted by Crippen LogP contribution is -2.15. The quantitative estimate of drug-likeness (QED) is 0.280. The number of pyridine rings is 1. The van der Waals surface area contributed by atoms with Crippen molar-refractivity contribution in [3.63, 3.8) is 0 Å². The summed E-state index contributed by atoms with van der Waals surface area (Å²) in [6, 6.07) is 10.2. The summed E-state index contributed by atoms with van der Waals surface area (Å²) in [5.74, 6) is 0.630. The van der Waals surface area contributed by atoms with Crippen molar-refractivity contribution in [2.75, 3.05) is 32.2 Å². The molecule has 0 amide bonds. The molecule has 3 aromatic rings. The van der Waals surface area contributed by atoms with Crippen molar-refractivity contribution in [1.29, 1.82) is 0 Å². The topological polar surface area (TPSA) is 122 Å². The molecular weight excluding hydrogens is 418 g/mol. The normalized spacial score (nSPS) is 10.5. The molecule has 2 aromatic carbocycles. The number of carbonyl (C=O) groups is 1. The van der Waals surface area contributed by atoms with Gasteiger partial charge in [0.15, 0.2) is 18.1 Å². The monoisotopic (exact) mass is 441 g/mol. The van der Waals surface area contributed by atoms with E-state index in [2.05, 4.69) is 10.3 Å². The van der Waals surface area contributed by atoms with E-state index in [-0.39, 0.29) is 30.3 Å². The fraction of sp³-hybridized carbons (Fsp3) is 0.273. The number of anilines is 2. The predicted molar refractivity (Wildman–Crippen MR) is 118 cm³/mol. The van der Waals surface area contributed by atoms with Crippen LogP contribution in [-0.4, -0.2) is 42.8 Å². The van der Waals surface area contributed by atoms with Crippen molar-refractivity contribution in [3.8, 4) is 17.2 Å². The summed E-state index contributed by atoms with van der Waals surface area (Å²) in [7, 11) is 1.45. The molecule has 0 atom stereocenters. The molecule has 0 radical (unpaired) electrons. The summed E-state index contributed by atoms with van der Waals surface area (Å²) >= 11 is 0. The third kappa shape index (κ3) is 5.15. The molecule has 10 heteroatoms. The maximum atomic E-state index is 11.7. The lowest BCUT2D eigenvalue weighted by molar-refractivity contribution is -0.384. The molecule has 0 bridgehead atoms. The lowest BCUT2D eigenvalue weighted by atomic mass is 10.1. The first-order valence-corrected chi connectivity index (χ1v) is 9.90. The number of ether oxygens (including phenoxy) is 4. The number of fused-ring (bicyclic) bond motifs is 1. The van der Waals surface area contributed by atoms with Crippen molar-refractivity contribution >= 4 is 33.9 Å². The Kier molecular flexibility index (Phi) is 7.27. The van der Waals surface area contributed by atoms with E-state index in [1.807, 2.05) is 6.92 Å². The van der Waals surface area contributed by atoms with Crippen LogP contribution in [0.15, 0.2) is 42.6 Å². The van der Waals surface area contributed by atoms with Crippen molar-refractivity contribution in [1.82, 2.24) is 4.98 Å². The van der Waals surface area contributed by atoms with Gasteiger partial charge in [0, 0.05) is 23.2 Å². The van der Waals surface area contributed by atoms with Gasteiger partial charge >= 0.3 is 11.7 Å². The minimum absolute atomic E-state index is 0.220. The third-order valence-electron chi connectivity index (χ3n) is 4.40. The maximum absolute atomic E-state index is 11.7. The molecule has 0 aliphatic carbocycles. The van der Waals surface area contributed by atoms with Gasteiger partial charge in [-0.05, 0) is 32.0 Å². The summed E-state index contributed by atoms with van der Waals surface area (Å²) in [4.78, 5) is 27.1. The van der Waals surface area contributed by atoms with E-state index in [4.69, 9.17) is 18.9 Å². The van der Waals surface area contributed by atoms with Gasteiger partial charge in [0.05, 0.1) is 30.8 Å². The van der Waals surface area contributed by atoms with Crippen LogP contribution >= 0.6 is 0 Å². The van der Waals surface area contributed by atoms with Crippen LogP contribution in [0, 0.1) is 10.1 Å². The number of hydrogen-bond acceptors (Lipinski definition) is 9. The van der Waals surface area contributed by atoms with Crippen LogP contribution in [-0.2, 0) is 9.53 Å². The van der Waals surface area contributed by atoms with Gasteiger partial charge in [-0.3, -0.25) is 10.1 Å². The van der Waals surface area contributed by atoms with Crippen LogP contribution in [0.3, 0.4) is 0 Å². The van der Waals surface area contributed by atoms with Gasteiger partial charge in [-0.25, -0.2) is 9.78 Å². The van der Waals surface area contributed by atoms with Crippen molar-refractivity contribution in [3.05, 3.63) is 52.7 Å². The Morgan fingerprint density at radius 3 is 2.62 bits per heavy atom. The number of carbonyl (C=O) groups excluding carboxylic acids is 1. The first kappa shape index (κ1) is 22.6. The zero-order valence-electron chi connectivity index (χ0n) is 17.9. The van der Waals surface area contributed by atoms with Gasteiger partial charge < -0.3 is 24.3 Å². The van der Waals surface area contributed by atoms with Crippen LogP contribution in [0.1, 0.15) is 13.8 Å². The van der Waals surface area contributed by atoms with Crippen LogP contribution in [0.5, 0.6) is 17.2 Å². The molecule has 1 heterocycles. The van der Waals surface area contributed by atoms with Gasteiger partial charge in [0.2, 0.25) is 0 Å². The summed E-state index contributed by atoms with van der Waals surface area (Å²) in [6.45, 7) is 3.94. The van der Waals surface area contributed by atoms with E-state index in [0.717, 1.165) is 0 Å². The standard InChI is InChI=1S/C22H23N3O7/c1-4-30-15-8-6-7-14(9-15)24-22-16-10-20(32-13-21(26)31-5-2)19(29-3)11-17(16)23-12-18(22)25(27)28/h6-12H,4-5,13H2,1-3H3,(H,23,24). The van der Waals surface area contributed by atoms with E-state index >= 15 is 0 Å². The number of rotatable bonds is 10. The van der Waals surface area contributed by atoms with Crippen LogP contribution in [0.4, 0.5) is 17.1 Å². The number of aromatic nitrogens is 1. The molecule has 0 fully saturated rings. The molecule has 0 unspecified atom stereocenters. The highest BCUT2D eigenvalue weighted by atomic mass is 16.6. The summed E-state index contributed by atoms with van der Waals surface area (Å²) < 4.78 is 21.3. The molecule has 3 rings (SSSR count).